The molecule has 2 aliphatic rings. The van der Waals surface area contributed by atoms with Gasteiger partial charge < -0.3 is 9.47 Å². The third-order valence-corrected chi connectivity index (χ3v) is 4.35. The molecule has 0 unspecified atom stereocenters. The molecule has 2 aliphatic heterocycles. The summed E-state index contributed by atoms with van der Waals surface area (Å²) in [6, 6.07) is 7.38. The minimum atomic E-state index is -2.78. The zero-order valence-corrected chi connectivity index (χ0v) is 12.8. The average Bonchev–Trinajstić information content (AvgIpc) is 2.67. The molecule has 1 aromatic carbocycles. The van der Waals surface area contributed by atoms with E-state index in [0.29, 0.717) is 12.0 Å². The Labute approximate surface area is 129 Å². The Kier molecular flexibility index (Phi) is 4.90. The van der Waals surface area contributed by atoms with Crippen molar-refractivity contribution in [2.45, 2.75) is 19.2 Å². The molecule has 22 heavy (non-hydrogen) atoms. The Balaban J connectivity index is 1.67. The number of ether oxygens (including phenoxy) is 2. The van der Waals surface area contributed by atoms with E-state index in [4.69, 9.17) is 4.74 Å². The molecule has 6 heteroatoms. The van der Waals surface area contributed by atoms with Crippen molar-refractivity contribution in [3.8, 4) is 5.75 Å². The molecule has 4 nitrogen and oxygen atoms in total. The summed E-state index contributed by atoms with van der Waals surface area (Å²) in [6.45, 7) is 2.49. The van der Waals surface area contributed by atoms with E-state index >= 15 is 0 Å². The summed E-state index contributed by atoms with van der Waals surface area (Å²) in [5.74, 6) is 0.723. The summed E-state index contributed by atoms with van der Waals surface area (Å²) in [6.07, 6.45) is 0. The maximum Gasteiger partial charge on any atom is 0.387 e. The molecule has 1 aromatic rings. The average molecular weight is 312 g/mol. The number of fused-ring (bicyclic) bond motifs is 3. The molecule has 0 radical (unpaired) electrons. The van der Waals surface area contributed by atoms with Gasteiger partial charge in [-0.25, -0.2) is 0 Å². The highest BCUT2D eigenvalue weighted by atomic mass is 19.3. The first kappa shape index (κ1) is 15.6. The van der Waals surface area contributed by atoms with E-state index in [1.54, 1.807) is 18.2 Å². The first-order valence-electron chi connectivity index (χ1n) is 7.64. The largest absolute Gasteiger partial charge is 0.435 e. The summed E-state index contributed by atoms with van der Waals surface area (Å²) < 4.78 is 34.8. The monoisotopic (exact) mass is 312 g/mol. The molecular weight excluding hydrogens is 290 g/mol. The Hall–Kier alpha value is -1.24. The number of rotatable bonds is 4. The van der Waals surface area contributed by atoms with Gasteiger partial charge in [-0.05, 0) is 24.7 Å². The second kappa shape index (κ2) is 6.89. The third-order valence-electron chi connectivity index (χ3n) is 4.35. The molecule has 2 heterocycles. The van der Waals surface area contributed by atoms with Crippen molar-refractivity contribution < 1.29 is 18.3 Å². The predicted octanol–water partition coefficient (Wildman–Crippen LogP) is 2.05. The van der Waals surface area contributed by atoms with Crippen molar-refractivity contribution in [2.24, 2.45) is 5.92 Å². The lowest BCUT2D eigenvalue weighted by molar-refractivity contribution is -0.0499. The molecule has 0 N–H and O–H groups in total. The van der Waals surface area contributed by atoms with E-state index in [2.05, 4.69) is 21.6 Å². The summed E-state index contributed by atoms with van der Waals surface area (Å²) >= 11 is 0. The van der Waals surface area contributed by atoms with Crippen LogP contribution in [0, 0.1) is 5.92 Å². The molecule has 0 aromatic heterocycles. The summed E-state index contributed by atoms with van der Waals surface area (Å²) in [4.78, 5) is 4.76. The number of likely N-dealkylation sites (N-methyl/N-ethyl adjacent to an activating group) is 1. The number of hydrogen-bond acceptors (Lipinski definition) is 4. The van der Waals surface area contributed by atoms with Crippen LogP contribution in [0.4, 0.5) is 8.78 Å². The Morgan fingerprint density at radius 2 is 2.14 bits per heavy atom. The van der Waals surface area contributed by atoms with Crippen LogP contribution >= 0.6 is 0 Å². The molecule has 2 bridgehead atoms. The van der Waals surface area contributed by atoms with E-state index in [1.165, 1.54) is 0 Å². The van der Waals surface area contributed by atoms with Crippen molar-refractivity contribution in [1.82, 2.24) is 9.80 Å². The van der Waals surface area contributed by atoms with Gasteiger partial charge in [-0.3, -0.25) is 9.80 Å². The van der Waals surface area contributed by atoms with Crippen LogP contribution in [-0.4, -0.2) is 62.3 Å². The lowest BCUT2D eigenvalue weighted by atomic mass is 10.1. The Bertz CT molecular complexity index is 501. The normalized spacial score (nSPS) is 26.9. The van der Waals surface area contributed by atoms with Crippen LogP contribution in [0.3, 0.4) is 0 Å². The fraction of sp³-hybridized carbons (Fsp3) is 0.625. The smallest absolute Gasteiger partial charge is 0.387 e. The molecule has 2 atom stereocenters. The van der Waals surface area contributed by atoms with Crippen LogP contribution in [0.2, 0.25) is 0 Å². The number of nitrogens with zero attached hydrogens (tertiary/aromatic N) is 2. The summed E-state index contributed by atoms with van der Waals surface area (Å²) in [7, 11) is 2.15. The molecule has 2 fully saturated rings. The highest BCUT2D eigenvalue weighted by Crippen LogP contribution is 2.22. The van der Waals surface area contributed by atoms with Crippen molar-refractivity contribution in [2.75, 3.05) is 39.9 Å². The van der Waals surface area contributed by atoms with Gasteiger partial charge in [0.2, 0.25) is 0 Å². The fourth-order valence-electron chi connectivity index (χ4n) is 3.35. The van der Waals surface area contributed by atoms with E-state index in [1.807, 2.05) is 6.07 Å². The van der Waals surface area contributed by atoms with E-state index in [-0.39, 0.29) is 5.75 Å². The van der Waals surface area contributed by atoms with Crippen molar-refractivity contribution in [3.63, 3.8) is 0 Å². The molecular formula is C16H22F2N2O2. The quantitative estimate of drug-likeness (QED) is 0.849. The highest BCUT2D eigenvalue weighted by Gasteiger charge is 2.31. The fourth-order valence-corrected chi connectivity index (χ4v) is 3.35. The molecule has 3 rings (SSSR count). The van der Waals surface area contributed by atoms with E-state index in [0.717, 1.165) is 45.0 Å². The van der Waals surface area contributed by atoms with Gasteiger partial charge in [-0.2, -0.15) is 8.78 Å². The van der Waals surface area contributed by atoms with Crippen molar-refractivity contribution >= 4 is 0 Å². The maximum absolute atomic E-state index is 12.3. The van der Waals surface area contributed by atoms with Crippen LogP contribution in [-0.2, 0) is 11.3 Å². The van der Waals surface area contributed by atoms with Gasteiger partial charge in [0.15, 0.2) is 0 Å². The van der Waals surface area contributed by atoms with Crippen molar-refractivity contribution in [3.05, 3.63) is 29.8 Å². The van der Waals surface area contributed by atoms with Gasteiger partial charge in [-0.15, -0.1) is 0 Å². The van der Waals surface area contributed by atoms with Crippen LogP contribution in [0.15, 0.2) is 24.3 Å². The lowest BCUT2D eigenvalue weighted by Gasteiger charge is -2.29. The number of halogens is 2. The topological polar surface area (TPSA) is 24.9 Å². The zero-order valence-electron chi connectivity index (χ0n) is 12.8. The highest BCUT2D eigenvalue weighted by molar-refractivity contribution is 5.28. The van der Waals surface area contributed by atoms with Crippen LogP contribution in [0.5, 0.6) is 5.75 Å². The standard InChI is InChI=1S/C16H22F2N2O2/c1-19-6-13-8-20(9-14(19)11-21-10-13)7-12-3-2-4-15(5-12)22-16(17)18/h2-5,13-14,16H,6-11H2,1H3/t13-,14+/m1/s1. The van der Waals surface area contributed by atoms with Crippen LogP contribution in [0.1, 0.15) is 5.56 Å². The minimum Gasteiger partial charge on any atom is -0.435 e. The zero-order chi connectivity index (χ0) is 15.5. The Morgan fingerprint density at radius 3 is 2.95 bits per heavy atom. The predicted molar refractivity (Wildman–Crippen MR) is 79.1 cm³/mol. The van der Waals surface area contributed by atoms with Crippen molar-refractivity contribution in [1.29, 1.82) is 0 Å². The van der Waals surface area contributed by atoms with Crippen LogP contribution in [0.25, 0.3) is 0 Å². The molecule has 0 aliphatic carbocycles. The Morgan fingerprint density at radius 1 is 1.27 bits per heavy atom. The molecule has 0 amide bonds. The maximum atomic E-state index is 12.3. The summed E-state index contributed by atoms with van der Waals surface area (Å²) in [5, 5.41) is 0. The third kappa shape index (κ3) is 3.94. The van der Waals surface area contributed by atoms with Gasteiger partial charge in [0.1, 0.15) is 5.75 Å². The molecule has 0 saturated carbocycles. The number of hydrogen-bond donors (Lipinski definition) is 0. The van der Waals surface area contributed by atoms with Gasteiger partial charge >= 0.3 is 6.61 Å². The van der Waals surface area contributed by atoms with Gasteiger partial charge in [-0.1, -0.05) is 12.1 Å². The molecule has 0 spiro atoms. The first-order valence-corrected chi connectivity index (χ1v) is 7.64. The lowest BCUT2D eigenvalue weighted by Crippen LogP contribution is -2.41. The van der Waals surface area contributed by atoms with E-state index in [9.17, 15) is 8.78 Å². The first-order chi connectivity index (χ1) is 10.6. The number of alkyl halides is 2. The molecule has 2 saturated heterocycles. The van der Waals surface area contributed by atoms with E-state index < -0.39 is 6.61 Å². The second-order valence-electron chi connectivity index (χ2n) is 6.22. The minimum absolute atomic E-state index is 0.225. The van der Waals surface area contributed by atoms with Gasteiger partial charge in [0.25, 0.3) is 0 Å². The number of benzene rings is 1. The van der Waals surface area contributed by atoms with Crippen LogP contribution < -0.4 is 4.74 Å². The molecule has 122 valence electrons. The van der Waals surface area contributed by atoms with Gasteiger partial charge in [0, 0.05) is 38.1 Å². The van der Waals surface area contributed by atoms with Gasteiger partial charge in [0.05, 0.1) is 13.2 Å². The SMILES string of the molecule is CN1C[C@H]2COC[C@@H]1CN(Cc1cccc(OC(F)F)c1)C2. The second-order valence-corrected chi connectivity index (χ2v) is 6.22. The summed E-state index contributed by atoms with van der Waals surface area (Å²) in [5.41, 5.74) is 1.00.